The first kappa shape index (κ1) is 15.2. The highest BCUT2D eigenvalue weighted by atomic mass is 32.2. The molecular formula is C20H19N3S. The molecule has 0 aliphatic heterocycles. The molecule has 0 saturated heterocycles. The van der Waals surface area contributed by atoms with Crippen molar-refractivity contribution in [2.24, 2.45) is 0 Å². The number of benzene rings is 2. The van der Waals surface area contributed by atoms with E-state index in [-0.39, 0.29) is 5.41 Å². The zero-order chi connectivity index (χ0) is 16.7. The van der Waals surface area contributed by atoms with Gasteiger partial charge in [-0.05, 0) is 29.2 Å². The van der Waals surface area contributed by atoms with Crippen molar-refractivity contribution < 1.29 is 0 Å². The predicted molar refractivity (Wildman–Crippen MR) is 101 cm³/mol. The predicted octanol–water partition coefficient (Wildman–Crippen LogP) is 5.56. The lowest BCUT2D eigenvalue weighted by atomic mass is 9.87. The summed E-state index contributed by atoms with van der Waals surface area (Å²) in [5, 5.41) is 2.10. The fourth-order valence-electron chi connectivity index (χ4n) is 2.83. The number of hydrogen-bond acceptors (Lipinski definition) is 3. The van der Waals surface area contributed by atoms with E-state index >= 15 is 0 Å². The number of fused-ring (bicyclic) bond motifs is 3. The van der Waals surface area contributed by atoms with Crippen molar-refractivity contribution in [3.63, 3.8) is 0 Å². The Morgan fingerprint density at radius 3 is 2.42 bits per heavy atom. The SMILES string of the molecule is CC(C)(C)c1ccc(Sc2ncnc3c2[nH]c2ccccc23)cc1. The van der Waals surface area contributed by atoms with Crippen molar-refractivity contribution in [3.05, 3.63) is 60.4 Å². The summed E-state index contributed by atoms with van der Waals surface area (Å²) < 4.78 is 0. The second-order valence-corrected chi connectivity index (χ2v) is 8.01. The summed E-state index contributed by atoms with van der Waals surface area (Å²) in [5.41, 5.74) is 4.59. The van der Waals surface area contributed by atoms with E-state index in [0.29, 0.717) is 0 Å². The van der Waals surface area contributed by atoms with Gasteiger partial charge in [-0.3, -0.25) is 0 Å². The van der Waals surface area contributed by atoms with Crippen molar-refractivity contribution >= 4 is 33.7 Å². The van der Waals surface area contributed by atoms with Crippen molar-refractivity contribution in [3.8, 4) is 0 Å². The van der Waals surface area contributed by atoms with Crippen molar-refractivity contribution in [1.82, 2.24) is 15.0 Å². The zero-order valence-corrected chi connectivity index (χ0v) is 14.8. The first-order valence-electron chi connectivity index (χ1n) is 8.02. The van der Waals surface area contributed by atoms with Crippen molar-refractivity contribution in [1.29, 1.82) is 0 Å². The third-order valence-corrected chi connectivity index (χ3v) is 5.20. The molecule has 0 fully saturated rings. The minimum atomic E-state index is 0.169. The molecule has 0 radical (unpaired) electrons. The van der Waals surface area contributed by atoms with Gasteiger partial charge in [-0.15, -0.1) is 0 Å². The second-order valence-electron chi connectivity index (χ2n) is 6.95. The molecule has 0 aliphatic carbocycles. The first-order chi connectivity index (χ1) is 11.5. The lowest BCUT2D eigenvalue weighted by Crippen LogP contribution is -2.10. The highest BCUT2D eigenvalue weighted by Crippen LogP contribution is 2.34. The molecule has 2 heterocycles. The third kappa shape index (κ3) is 2.67. The van der Waals surface area contributed by atoms with E-state index < -0.39 is 0 Å². The fraction of sp³-hybridized carbons (Fsp3) is 0.200. The molecule has 0 atom stereocenters. The summed E-state index contributed by atoms with van der Waals surface area (Å²) in [6.45, 7) is 6.69. The molecule has 0 aliphatic rings. The summed E-state index contributed by atoms with van der Waals surface area (Å²) in [5.74, 6) is 0. The summed E-state index contributed by atoms with van der Waals surface area (Å²) in [6, 6.07) is 17.0. The fourth-order valence-corrected chi connectivity index (χ4v) is 3.68. The van der Waals surface area contributed by atoms with E-state index in [1.54, 1.807) is 18.1 Å². The van der Waals surface area contributed by atoms with E-state index in [2.05, 4.69) is 72.1 Å². The van der Waals surface area contributed by atoms with Gasteiger partial charge in [0, 0.05) is 15.8 Å². The van der Waals surface area contributed by atoms with Crippen LogP contribution in [0.1, 0.15) is 26.3 Å². The van der Waals surface area contributed by atoms with Crippen LogP contribution in [-0.2, 0) is 5.41 Å². The Morgan fingerprint density at radius 1 is 0.917 bits per heavy atom. The molecule has 4 rings (SSSR count). The Kier molecular flexibility index (Phi) is 3.57. The van der Waals surface area contributed by atoms with E-state index in [1.165, 1.54) is 10.5 Å². The largest absolute Gasteiger partial charge is 0.351 e. The van der Waals surface area contributed by atoms with E-state index in [0.717, 1.165) is 27.0 Å². The van der Waals surface area contributed by atoms with Gasteiger partial charge < -0.3 is 4.98 Å². The maximum absolute atomic E-state index is 4.49. The Balaban J connectivity index is 1.74. The van der Waals surface area contributed by atoms with E-state index in [4.69, 9.17) is 0 Å². The number of rotatable bonds is 2. The molecule has 3 nitrogen and oxygen atoms in total. The Hall–Kier alpha value is -2.33. The van der Waals surface area contributed by atoms with E-state index in [9.17, 15) is 0 Å². The number of H-pyrrole nitrogens is 1. The smallest absolute Gasteiger partial charge is 0.128 e. The van der Waals surface area contributed by atoms with Crippen LogP contribution in [0.2, 0.25) is 0 Å². The standard InChI is InChI=1S/C20H19N3S/c1-20(2,3)13-8-10-14(11-9-13)24-19-18-17(21-12-22-19)15-6-4-5-7-16(15)23-18/h4-12,23H,1-3H3. The average Bonchev–Trinajstić information content (AvgIpc) is 2.94. The zero-order valence-electron chi connectivity index (χ0n) is 14.0. The number of aromatic nitrogens is 3. The van der Waals surface area contributed by atoms with Crippen LogP contribution in [0.5, 0.6) is 0 Å². The second kappa shape index (κ2) is 5.64. The molecule has 0 amide bonds. The highest BCUT2D eigenvalue weighted by Gasteiger charge is 2.14. The van der Waals surface area contributed by atoms with Gasteiger partial charge in [0.15, 0.2) is 0 Å². The lowest BCUT2D eigenvalue weighted by molar-refractivity contribution is 0.590. The van der Waals surface area contributed by atoms with Gasteiger partial charge >= 0.3 is 0 Å². The highest BCUT2D eigenvalue weighted by molar-refractivity contribution is 7.99. The summed E-state index contributed by atoms with van der Waals surface area (Å²) in [6.07, 6.45) is 1.65. The minimum absolute atomic E-state index is 0.169. The monoisotopic (exact) mass is 333 g/mol. The molecule has 2 aromatic carbocycles. The maximum Gasteiger partial charge on any atom is 0.128 e. The molecule has 1 N–H and O–H groups in total. The molecule has 4 heteroatoms. The van der Waals surface area contributed by atoms with Crippen LogP contribution < -0.4 is 0 Å². The van der Waals surface area contributed by atoms with Crippen molar-refractivity contribution in [2.45, 2.75) is 36.1 Å². The summed E-state index contributed by atoms with van der Waals surface area (Å²) in [4.78, 5) is 13.6. The first-order valence-corrected chi connectivity index (χ1v) is 8.84. The van der Waals surface area contributed by atoms with Crippen LogP contribution in [0.15, 0.2) is 64.8 Å². The number of nitrogens with one attached hydrogen (secondary N) is 1. The number of hydrogen-bond donors (Lipinski definition) is 1. The maximum atomic E-state index is 4.49. The molecule has 0 saturated carbocycles. The van der Waals surface area contributed by atoms with E-state index in [1.807, 2.05) is 12.1 Å². The van der Waals surface area contributed by atoms with Gasteiger partial charge in [-0.1, -0.05) is 62.9 Å². The average molecular weight is 333 g/mol. The van der Waals surface area contributed by atoms with Crippen LogP contribution >= 0.6 is 11.8 Å². The molecule has 0 unspecified atom stereocenters. The van der Waals surface area contributed by atoms with Crippen LogP contribution in [0.25, 0.3) is 21.9 Å². The molecule has 2 aromatic heterocycles. The Labute approximate surface area is 145 Å². The molecule has 4 aromatic rings. The molecule has 24 heavy (non-hydrogen) atoms. The van der Waals surface area contributed by atoms with Crippen LogP contribution in [0.4, 0.5) is 0 Å². The number of para-hydroxylation sites is 1. The topological polar surface area (TPSA) is 41.6 Å². The van der Waals surface area contributed by atoms with Gasteiger partial charge in [0.2, 0.25) is 0 Å². The van der Waals surface area contributed by atoms with Gasteiger partial charge in [0.1, 0.15) is 16.9 Å². The number of nitrogens with zero attached hydrogens (tertiary/aromatic N) is 2. The number of aromatic amines is 1. The van der Waals surface area contributed by atoms with Crippen molar-refractivity contribution in [2.75, 3.05) is 0 Å². The quantitative estimate of drug-likeness (QED) is 0.488. The lowest BCUT2D eigenvalue weighted by Gasteiger charge is -2.19. The van der Waals surface area contributed by atoms with Gasteiger partial charge in [0.25, 0.3) is 0 Å². The molecule has 0 bridgehead atoms. The molecule has 120 valence electrons. The van der Waals surface area contributed by atoms with Gasteiger partial charge in [-0.2, -0.15) is 0 Å². The normalized spacial score (nSPS) is 12.1. The van der Waals surface area contributed by atoms with Crippen LogP contribution in [0.3, 0.4) is 0 Å². The van der Waals surface area contributed by atoms with Crippen LogP contribution in [-0.4, -0.2) is 15.0 Å². The molecular weight excluding hydrogens is 314 g/mol. The Morgan fingerprint density at radius 2 is 1.67 bits per heavy atom. The van der Waals surface area contributed by atoms with Crippen LogP contribution in [0, 0.1) is 0 Å². The van der Waals surface area contributed by atoms with Gasteiger partial charge in [-0.25, -0.2) is 9.97 Å². The molecule has 0 spiro atoms. The summed E-state index contributed by atoms with van der Waals surface area (Å²) in [7, 11) is 0. The Bertz CT molecular complexity index is 1010. The summed E-state index contributed by atoms with van der Waals surface area (Å²) >= 11 is 1.67. The van der Waals surface area contributed by atoms with Gasteiger partial charge in [0.05, 0.1) is 5.52 Å². The third-order valence-electron chi connectivity index (χ3n) is 4.19. The minimum Gasteiger partial charge on any atom is -0.351 e.